The molecule has 0 radical (unpaired) electrons. The first-order valence-electron chi connectivity index (χ1n) is 11.9. The van der Waals surface area contributed by atoms with Crippen LogP contribution in [-0.2, 0) is 24.6 Å². The molecule has 38 heavy (non-hydrogen) atoms. The zero-order valence-electron chi connectivity index (χ0n) is 21.7. The number of nitrogens with zero attached hydrogens (tertiary/aromatic N) is 1. The highest BCUT2D eigenvalue weighted by Crippen LogP contribution is 2.55. The van der Waals surface area contributed by atoms with Crippen LogP contribution in [0, 0.1) is 17.6 Å². The minimum atomic E-state index is -4.86. The summed E-state index contributed by atoms with van der Waals surface area (Å²) in [6.45, 7) is 7.51. The molecule has 0 saturated carbocycles. The predicted octanol–water partition coefficient (Wildman–Crippen LogP) is 5.44. The van der Waals surface area contributed by atoms with Crippen LogP contribution in [0.25, 0.3) is 0 Å². The van der Waals surface area contributed by atoms with Crippen LogP contribution in [0.1, 0.15) is 51.8 Å². The summed E-state index contributed by atoms with van der Waals surface area (Å²) < 4.78 is 92.9. The number of nitrogens with one attached hydrogen (secondary N) is 1. The fourth-order valence-corrected chi connectivity index (χ4v) is 5.09. The Bertz CT molecular complexity index is 1240. The SMILES string of the molecule is COc1c([C@H]2[C@H](C(=O)Nc3ccnc([C@]4(C)COC(C)(C)O4)c3)O[C@@](C)(C(F)(F)F)[C@H]2C)ccc(F)c1F. The number of aromatic nitrogens is 1. The van der Waals surface area contributed by atoms with E-state index in [1.54, 1.807) is 20.8 Å². The van der Waals surface area contributed by atoms with Crippen molar-refractivity contribution in [1.29, 1.82) is 0 Å². The van der Waals surface area contributed by atoms with Gasteiger partial charge in [0, 0.05) is 29.3 Å². The van der Waals surface area contributed by atoms with E-state index >= 15 is 0 Å². The fourth-order valence-electron chi connectivity index (χ4n) is 5.09. The topological polar surface area (TPSA) is 78.9 Å². The number of methoxy groups -OCH3 is 1. The Hall–Kier alpha value is -2.83. The Labute approximate surface area is 216 Å². The van der Waals surface area contributed by atoms with Gasteiger partial charge in [0.1, 0.15) is 11.7 Å². The summed E-state index contributed by atoms with van der Waals surface area (Å²) in [5.41, 5.74) is -3.15. The monoisotopic (exact) mass is 544 g/mol. The lowest BCUT2D eigenvalue weighted by Crippen LogP contribution is -2.47. The summed E-state index contributed by atoms with van der Waals surface area (Å²) in [7, 11) is 1.06. The molecule has 5 atom stereocenters. The highest BCUT2D eigenvalue weighted by atomic mass is 19.4. The molecular formula is C26H29F5N2O5. The maximum absolute atomic E-state index is 14.5. The van der Waals surface area contributed by atoms with Crippen molar-refractivity contribution in [1.82, 2.24) is 4.98 Å². The minimum Gasteiger partial charge on any atom is -0.493 e. The number of carbonyl (C=O) groups excluding carboxylic acids is 1. The molecule has 0 bridgehead atoms. The fraction of sp³-hybridized carbons (Fsp3) is 0.538. The number of halogens is 5. The van der Waals surface area contributed by atoms with Crippen LogP contribution >= 0.6 is 0 Å². The summed E-state index contributed by atoms with van der Waals surface area (Å²) in [4.78, 5) is 17.7. The Morgan fingerprint density at radius 3 is 2.42 bits per heavy atom. The van der Waals surface area contributed by atoms with Crippen molar-refractivity contribution in [2.45, 2.75) is 69.8 Å². The summed E-state index contributed by atoms with van der Waals surface area (Å²) >= 11 is 0. The molecule has 0 unspecified atom stereocenters. The molecule has 0 spiro atoms. The second kappa shape index (κ2) is 9.42. The van der Waals surface area contributed by atoms with Crippen molar-refractivity contribution in [2.75, 3.05) is 19.0 Å². The molecular weight excluding hydrogens is 515 g/mol. The molecule has 2 aromatic rings. The summed E-state index contributed by atoms with van der Waals surface area (Å²) in [5, 5.41) is 2.58. The Kier molecular flexibility index (Phi) is 6.99. The zero-order chi connectivity index (χ0) is 28.3. The van der Waals surface area contributed by atoms with Gasteiger partial charge in [-0.05, 0) is 45.9 Å². The van der Waals surface area contributed by atoms with Crippen molar-refractivity contribution in [3.8, 4) is 5.75 Å². The van der Waals surface area contributed by atoms with Crippen molar-refractivity contribution in [2.24, 2.45) is 5.92 Å². The van der Waals surface area contributed by atoms with Gasteiger partial charge in [0.05, 0.1) is 19.4 Å². The van der Waals surface area contributed by atoms with Gasteiger partial charge in [-0.3, -0.25) is 9.78 Å². The molecule has 1 aromatic carbocycles. The molecule has 12 heteroatoms. The standard InChI is InChI=1S/C26H29F5N2O5/c1-13-18(15-7-8-16(27)19(28)20(15)35-6)21(37-25(13,5)26(29,30)31)22(34)33-14-9-10-32-17(11-14)24(4)12-36-23(2,3)38-24/h7-11,13,18,21H,12H2,1-6H3,(H,32,33,34)/t13-,18-,21+,24-,25+/m0/s1. The maximum atomic E-state index is 14.5. The van der Waals surface area contributed by atoms with E-state index in [1.807, 2.05) is 0 Å². The first-order chi connectivity index (χ1) is 17.5. The van der Waals surface area contributed by atoms with Crippen molar-refractivity contribution >= 4 is 11.6 Å². The zero-order valence-corrected chi connectivity index (χ0v) is 21.7. The van der Waals surface area contributed by atoms with Crippen molar-refractivity contribution in [3.05, 3.63) is 53.4 Å². The molecule has 1 amide bonds. The first-order valence-corrected chi connectivity index (χ1v) is 11.9. The average Bonchev–Trinajstić information content (AvgIpc) is 3.28. The van der Waals surface area contributed by atoms with Gasteiger partial charge >= 0.3 is 6.18 Å². The first kappa shape index (κ1) is 28.2. The van der Waals surface area contributed by atoms with Crippen LogP contribution in [0.2, 0.25) is 0 Å². The van der Waals surface area contributed by atoms with Gasteiger partial charge in [0.15, 0.2) is 23.0 Å². The van der Waals surface area contributed by atoms with Crippen molar-refractivity contribution in [3.63, 3.8) is 0 Å². The van der Waals surface area contributed by atoms with Crippen LogP contribution < -0.4 is 10.1 Å². The van der Waals surface area contributed by atoms with E-state index in [-0.39, 0.29) is 17.9 Å². The van der Waals surface area contributed by atoms with Crippen LogP contribution in [0.5, 0.6) is 5.75 Å². The third kappa shape index (κ3) is 4.73. The van der Waals surface area contributed by atoms with Gasteiger partial charge < -0.3 is 24.3 Å². The number of ether oxygens (including phenoxy) is 4. The van der Waals surface area contributed by atoms with Gasteiger partial charge in [-0.2, -0.15) is 17.6 Å². The highest BCUT2D eigenvalue weighted by molar-refractivity contribution is 5.95. The van der Waals surface area contributed by atoms with Crippen molar-refractivity contribution < 1.29 is 45.7 Å². The molecule has 1 N–H and O–H groups in total. The smallest absolute Gasteiger partial charge is 0.417 e. The number of amides is 1. The molecule has 208 valence electrons. The number of rotatable bonds is 5. The molecule has 1 aromatic heterocycles. The molecule has 7 nitrogen and oxygen atoms in total. The number of hydrogen-bond donors (Lipinski definition) is 1. The highest BCUT2D eigenvalue weighted by Gasteiger charge is 2.66. The normalized spacial score (nSPS) is 30.9. The largest absolute Gasteiger partial charge is 0.493 e. The van der Waals surface area contributed by atoms with Crippen LogP contribution in [0.4, 0.5) is 27.6 Å². The number of hydrogen-bond acceptors (Lipinski definition) is 6. The molecule has 2 saturated heterocycles. The maximum Gasteiger partial charge on any atom is 0.417 e. The van der Waals surface area contributed by atoms with Crippen LogP contribution in [0.15, 0.2) is 30.5 Å². The third-order valence-electron chi connectivity index (χ3n) is 7.31. The molecule has 2 aliphatic heterocycles. The second-order valence-electron chi connectivity index (χ2n) is 10.4. The number of carbonyl (C=O) groups is 1. The summed E-state index contributed by atoms with van der Waals surface area (Å²) in [6, 6.07) is 4.87. The lowest BCUT2D eigenvalue weighted by molar-refractivity contribution is -0.272. The number of pyridine rings is 1. The number of alkyl halides is 3. The number of benzene rings is 1. The van der Waals surface area contributed by atoms with Gasteiger partial charge in [0.2, 0.25) is 5.82 Å². The van der Waals surface area contributed by atoms with E-state index in [1.165, 1.54) is 25.3 Å². The van der Waals surface area contributed by atoms with E-state index in [9.17, 15) is 26.7 Å². The average molecular weight is 545 g/mol. The summed E-state index contributed by atoms with van der Waals surface area (Å²) in [6.07, 6.45) is -5.16. The third-order valence-corrected chi connectivity index (χ3v) is 7.31. The molecule has 2 fully saturated rings. The van der Waals surface area contributed by atoms with E-state index in [0.29, 0.717) is 5.69 Å². The molecule has 0 aliphatic carbocycles. The second-order valence-corrected chi connectivity index (χ2v) is 10.4. The molecule has 4 rings (SSSR count). The Morgan fingerprint density at radius 2 is 1.84 bits per heavy atom. The van der Waals surface area contributed by atoms with Gasteiger partial charge in [0.25, 0.3) is 5.91 Å². The van der Waals surface area contributed by atoms with Gasteiger partial charge in [-0.1, -0.05) is 13.0 Å². The minimum absolute atomic E-state index is 0.117. The van der Waals surface area contributed by atoms with Crippen LogP contribution in [0.3, 0.4) is 0 Å². The van der Waals surface area contributed by atoms with E-state index in [4.69, 9.17) is 18.9 Å². The number of anilines is 1. The molecule has 3 heterocycles. The van der Waals surface area contributed by atoms with E-state index in [0.717, 1.165) is 26.2 Å². The Balaban J connectivity index is 1.70. The summed E-state index contributed by atoms with van der Waals surface area (Å²) in [5.74, 6) is -7.65. The lowest BCUT2D eigenvalue weighted by atomic mass is 9.77. The lowest BCUT2D eigenvalue weighted by Gasteiger charge is -2.32. The van der Waals surface area contributed by atoms with Gasteiger partial charge in [-0.25, -0.2) is 4.39 Å². The van der Waals surface area contributed by atoms with E-state index in [2.05, 4.69) is 10.3 Å². The predicted molar refractivity (Wildman–Crippen MR) is 125 cm³/mol. The molecule has 2 aliphatic rings. The van der Waals surface area contributed by atoms with Gasteiger partial charge in [-0.15, -0.1) is 0 Å². The Morgan fingerprint density at radius 1 is 1.16 bits per heavy atom. The quantitative estimate of drug-likeness (QED) is 0.505. The van der Waals surface area contributed by atoms with Crippen LogP contribution in [-0.4, -0.2) is 48.3 Å². The van der Waals surface area contributed by atoms with E-state index < -0.39 is 64.4 Å².